The average molecular weight is 237 g/mol. The van der Waals surface area contributed by atoms with Gasteiger partial charge in [0.2, 0.25) is 0 Å². The van der Waals surface area contributed by atoms with Gasteiger partial charge < -0.3 is 16.4 Å². The summed E-state index contributed by atoms with van der Waals surface area (Å²) in [5.74, 6) is 0.697. The predicted octanol–water partition coefficient (Wildman–Crippen LogP) is 0.426. The molecule has 17 heavy (non-hydrogen) atoms. The highest BCUT2D eigenvalue weighted by atomic mass is 15.2. The highest BCUT2D eigenvalue weighted by molar-refractivity contribution is 5.12. The van der Waals surface area contributed by atoms with Gasteiger partial charge in [-0.2, -0.15) is 5.26 Å². The zero-order valence-corrected chi connectivity index (χ0v) is 11.0. The molecule has 5 heteroatoms. The quantitative estimate of drug-likeness (QED) is 0.495. The first kappa shape index (κ1) is 15.3. The van der Waals surface area contributed by atoms with Gasteiger partial charge in [-0.3, -0.25) is 4.90 Å². The SMILES string of the molecule is CCN(CCN(C)CC#N)/C(N)=C/C=C(/C)N. The van der Waals surface area contributed by atoms with E-state index in [0.29, 0.717) is 12.4 Å². The van der Waals surface area contributed by atoms with Crippen molar-refractivity contribution in [3.63, 3.8) is 0 Å². The van der Waals surface area contributed by atoms with E-state index in [4.69, 9.17) is 16.7 Å². The van der Waals surface area contributed by atoms with Gasteiger partial charge in [0.05, 0.1) is 18.4 Å². The first-order chi connectivity index (χ1) is 8.01. The summed E-state index contributed by atoms with van der Waals surface area (Å²) < 4.78 is 0. The van der Waals surface area contributed by atoms with Crippen LogP contribution in [0.15, 0.2) is 23.7 Å². The molecule has 96 valence electrons. The van der Waals surface area contributed by atoms with Crippen LogP contribution >= 0.6 is 0 Å². The molecule has 0 spiro atoms. The van der Waals surface area contributed by atoms with Crippen molar-refractivity contribution in [3.8, 4) is 6.07 Å². The lowest BCUT2D eigenvalue weighted by Gasteiger charge is -2.25. The van der Waals surface area contributed by atoms with E-state index in [1.54, 1.807) is 6.08 Å². The first-order valence-corrected chi connectivity index (χ1v) is 5.71. The maximum absolute atomic E-state index is 8.55. The molecule has 0 radical (unpaired) electrons. The molecule has 0 saturated carbocycles. The first-order valence-electron chi connectivity index (χ1n) is 5.71. The molecule has 4 N–H and O–H groups in total. The van der Waals surface area contributed by atoms with E-state index < -0.39 is 0 Å². The molecule has 0 unspecified atom stereocenters. The zero-order valence-electron chi connectivity index (χ0n) is 11.0. The molecule has 0 saturated heterocycles. The monoisotopic (exact) mass is 237 g/mol. The van der Waals surface area contributed by atoms with Crippen LogP contribution in [-0.4, -0.2) is 43.0 Å². The number of allylic oxidation sites excluding steroid dienone is 3. The van der Waals surface area contributed by atoms with Gasteiger partial charge in [0, 0.05) is 25.3 Å². The molecule has 5 nitrogen and oxygen atoms in total. The Bertz CT molecular complexity index is 309. The fourth-order valence-electron chi connectivity index (χ4n) is 1.28. The third kappa shape index (κ3) is 7.25. The Labute approximate surface area is 104 Å². The average Bonchev–Trinajstić information content (AvgIpc) is 2.27. The summed E-state index contributed by atoms with van der Waals surface area (Å²) in [4.78, 5) is 4.01. The molecule has 0 aromatic heterocycles. The fourth-order valence-corrected chi connectivity index (χ4v) is 1.28. The Morgan fingerprint density at radius 3 is 2.41 bits per heavy atom. The van der Waals surface area contributed by atoms with Gasteiger partial charge in [-0.15, -0.1) is 0 Å². The molecule has 0 aromatic carbocycles. The number of hydrogen-bond donors (Lipinski definition) is 2. The Kier molecular flexibility index (Phi) is 7.65. The number of rotatable bonds is 7. The molecule has 0 aliphatic rings. The molecule has 0 heterocycles. The van der Waals surface area contributed by atoms with Gasteiger partial charge in [0.1, 0.15) is 0 Å². The number of nitrogens with zero attached hydrogens (tertiary/aromatic N) is 3. The molecule has 0 fully saturated rings. The minimum absolute atomic E-state index is 0.434. The molecule has 0 aromatic rings. The summed E-state index contributed by atoms with van der Waals surface area (Å²) in [6.45, 7) is 6.74. The number of nitriles is 1. The van der Waals surface area contributed by atoms with E-state index in [2.05, 4.69) is 6.07 Å². The van der Waals surface area contributed by atoms with Crippen LogP contribution in [0.2, 0.25) is 0 Å². The fraction of sp³-hybridized carbons (Fsp3) is 0.583. The van der Waals surface area contributed by atoms with Gasteiger partial charge >= 0.3 is 0 Å². The van der Waals surface area contributed by atoms with E-state index in [0.717, 1.165) is 25.3 Å². The molecule has 0 aliphatic carbocycles. The van der Waals surface area contributed by atoms with E-state index in [9.17, 15) is 0 Å². The van der Waals surface area contributed by atoms with Gasteiger partial charge in [-0.25, -0.2) is 0 Å². The summed E-state index contributed by atoms with van der Waals surface area (Å²) in [5, 5.41) is 8.55. The lowest BCUT2D eigenvalue weighted by Crippen LogP contribution is -2.35. The van der Waals surface area contributed by atoms with Crippen LogP contribution in [-0.2, 0) is 0 Å². The second kappa shape index (κ2) is 8.48. The molecule has 0 atom stereocenters. The highest BCUT2D eigenvalue weighted by Crippen LogP contribution is 1.99. The standard InChI is InChI=1S/C12H23N5/c1-4-17(10-9-16(3)8-7-13)12(15)6-5-11(2)14/h5-6H,4,8-10,14-15H2,1-3H3/b11-5-,12-6+. The summed E-state index contributed by atoms with van der Waals surface area (Å²) in [6, 6.07) is 2.11. The minimum Gasteiger partial charge on any atom is -0.402 e. The third-order valence-corrected chi connectivity index (χ3v) is 2.36. The van der Waals surface area contributed by atoms with Crippen LogP contribution in [0.4, 0.5) is 0 Å². The van der Waals surface area contributed by atoms with E-state index in [1.165, 1.54) is 0 Å². The van der Waals surface area contributed by atoms with Gasteiger partial charge in [0.15, 0.2) is 0 Å². The van der Waals surface area contributed by atoms with Crippen molar-refractivity contribution < 1.29 is 0 Å². The zero-order chi connectivity index (χ0) is 13.3. The normalized spacial score (nSPS) is 12.6. The lowest BCUT2D eigenvalue weighted by atomic mass is 10.3. The van der Waals surface area contributed by atoms with E-state index in [1.807, 2.05) is 36.8 Å². The Balaban J connectivity index is 4.29. The van der Waals surface area contributed by atoms with Gasteiger partial charge in [-0.1, -0.05) is 0 Å². The highest BCUT2D eigenvalue weighted by Gasteiger charge is 2.04. The number of hydrogen-bond acceptors (Lipinski definition) is 5. The molecule has 0 rings (SSSR count). The maximum Gasteiger partial charge on any atom is 0.0987 e. The predicted molar refractivity (Wildman–Crippen MR) is 70.6 cm³/mol. The van der Waals surface area contributed by atoms with Crippen LogP contribution in [0.25, 0.3) is 0 Å². The van der Waals surface area contributed by atoms with Crippen molar-refractivity contribution in [3.05, 3.63) is 23.7 Å². The third-order valence-electron chi connectivity index (χ3n) is 2.36. The van der Waals surface area contributed by atoms with Crippen LogP contribution in [0.5, 0.6) is 0 Å². The van der Waals surface area contributed by atoms with Crippen molar-refractivity contribution in [2.75, 3.05) is 33.2 Å². The minimum atomic E-state index is 0.434. The molecule has 0 amide bonds. The molecular formula is C12H23N5. The van der Waals surface area contributed by atoms with Crippen LogP contribution in [0.3, 0.4) is 0 Å². The van der Waals surface area contributed by atoms with Crippen molar-refractivity contribution in [1.82, 2.24) is 9.80 Å². The smallest absolute Gasteiger partial charge is 0.0987 e. The molecule has 0 bridgehead atoms. The summed E-state index contributed by atoms with van der Waals surface area (Å²) in [5.41, 5.74) is 12.2. The van der Waals surface area contributed by atoms with E-state index in [-0.39, 0.29) is 0 Å². The lowest BCUT2D eigenvalue weighted by molar-refractivity contribution is 0.284. The summed E-state index contributed by atoms with van der Waals surface area (Å²) >= 11 is 0. The summed E-state index contributed by atoms with van der Waals surface area (Å²) in [7, 11) is 1.92. The summed E-state index contributed by atoms with van der Waals surface area (Å²) in [6.07, 6.45) is 3.60. The largest absolute Gasteiger partial charge is 0.402 e. The van der Waals surface area contributed by atoms with Crippen LogP contribution in [0.1, 0.15) is 13.8 Å². The topological polar surface area (TPSA) is 82.3 Å². The van der Waals surface area contributed by atoms with Gasteiger partial charge in [0.25, 0.3) is 0 Å². The van der Waals surface area contributed by atoms with Crippen LogP contribution < -0.4 is 11.5 Å². The van der Waals surface area contributed by atoms with Crippen molar-refractivity contribution in [2.24, 2.45) is 11.5 Å². The Morgan fingerprint density at radius 2 is 1.94 bits per heavy atom. The van der Waals surface area contributed by atoms with E-state index >= 15 is 0 Å². The number of nitrogens with two attached hydrogens (primary N) is 2. The Morgan fingerprint density at radius 1 is 1.29 bits per heavy atom. The van der Waals surface area contributed by atoms with Crippen molar-refractivity contribution in [1.29, 1.82) is 5.26 Å². The second-order valence-electron chi connectivity index (χ2n) is 3.98. The Hall–Kier alpha value is -1.67. The molecular weight excluding hydrogens is 214 g/mol. The number of likely N-dealkylation sites (N-methyl/N-ethyl adjacent to an activating group) is 2. The maximum atomic E-state index is 8.55. The van der Waals surface area contributed by atoms with Crippen molar-refractivity contribution >= 4 is 0 Å². The van der Waals surface area contributed by atoms with Crippen LogP contribution in [0, 0.1) is 11.3 Å². The molecule has 0 aliphatic heterocycles. The van der Waals surface area contributed by atoms with Gasteiger partial charge in [-0.05, 0) is 33.0 Å². The van der Waals surface area contributed by atoms with Crippen molar-refractivity contribution in [2.45, 2.75) is 13.8 Å². The second-order valence-corrected chi connectivity index (χ2v) is 3.98.